The predicted molar refractivity (Wildman–Crippen MR) is 94.3 cm³/mol. The molecule has 0 saturated carbocycles. The molecule has 1 atom stereocenters. The molecule has 1 fully saturated rings. The van der Waals surface area contributed by atoms with Crippen LogP contribution in [0.1, 0.15) is 22.0 Å². The highest BCUT2D eigenvalue weighted by Gasteiger charge is 2.39. The van der Waals surface area contributed by atoms with Crippen molar-refractivity contribution >= 4 is 35.3 Å². The number of alkyl halides is 3. The first kappa shape index (κ1) is 20.5. The van der Waals surface area contributed by atoms with Crippen molar-refractivity contribution in [3.8, 4) is 0 Å². The van der Waals surface area contributed by atoms with Crippen molar-refractivity contribution in [1.29, 1.82) is 0 Å². The number of thiophene rings is 1. The maximum Gasteiger partial charge on any atom is 0.416 e. The minimum absolute atomic E-state index is 0. The summed E-state index contributed by atoms with van der Waals surface area (Å²) < 4.78 is 55.3. The van der Waals surface area contributed by atoms with Crippen molar-refractivity contribution < 1.29 is 17.6 Å². The number of hydrogen-bond acceptors (Lipinski definition) is 3. The largest absolute Gasteiger partial charge is 0.416 e. The van der Waals surface area contributed by atoms with Gasteiger partial charge in [0.05, 0.1) is 15.9 Å². The quantitative estimate of drug-likeness (QED) is 0.712. The third-order valence-corrected chi connectivity index (χ3v) is 5.30. The summed E-state index contributed by atoms with van der Waals surface area (Å²) in [5.41, 5.74) is -1.26. The van der Waals surface area contributed by atoms with Gasteiger partial charge in [-0.3, -0.25) is 4.90 Å². The van der Waals surface area contributed by atoms with E-state index in [1.165, 1.54) is 11.3 Å². The third-order valence-electron chi connectivity index (χ3n) is 4.01. The molecule has 1 aromatic heterocycles. The minimum Gasteiger partial charge on any atom is -0.314 e. The Balaban J connectivity index is 0.00000225. The fourth-order valence-corrected chi connectivity index (χ4v) is 4.19. The van der Waals surface area contributed by atoms with Gasteiger partial charge in [0.2, 0.25) is 0 Å². The zero-order valence-electron chi connectivity index (χ0n) is 12.9. The molecule has 3 rings (SSSR count). The highest BCUT2D eigenvalue weighted by Crippen LogP contribution is 2.42. The summed E-state index contributed by atoms with van der Waals surface area (Å²) in [5, 5.41) is 3.16. The Morgan fingerprint density at radius 1 is 1.12 bits per heavy atom. The molecule has 2 aromatic rings. The molecule has 1 aliphatic rings. The Hall–Kier alpha value is -0.860. The maximum absolute atomic E-state index is 14.5. The van der Waals surface area contributed by atoms with E-state index in [1.807, 2.05) is 4.90 Å². The van der Waals surface area contributed by atoms with E-state index >= 15 is 0 Å². The average molecular weight is 415 g/mol. The van der Waals surface area contributed by atoms with E-state index in [9.17, 15) is 17.6 Å². The molecule has 0 radical (unpaired) electrons. The molecule has 2 heterocycles. The molecule has 0 bridgehead atoms. The molecule has 9 heteroatoms. The highest BCUT2D eigenvalue weighted by atomic mass is 35.5. The fourth-order valence-electron chi connectivity index (χ4n) is 2.98. The van der Waals surface area contributed by atoms with Crippen LogP contribution in [0.2, 0.25) is 4.34 Å². The van der Waals surface area contributed by atoms with Gasteiger partial charge in [-0.2, -0.15) is 13.2 Å². The Morgan fingerprint density at radius 3 is 2.36 bits per heavy atom. The van der Waals surface area contributed by atoms with Crippen molar-refractivity contribution in [2.75, 3.05) is 26.2 Å². The SMILES string of the molecule is Cl.Fc1cccc(C(F)(F)F)c1[C@@H](c1ccc(Cl)s1)N1CCNCC1. The number of piperazine rings is 1. The van der Waals surface area contributed by atoms with E-state index in [1.54, 1.807) is 12.1 Å². The summed E-state index contributed by atoms with van der Waals surface area (Å²) in [6.45, 7) is 2.36. The van der Waals surface area contributed by atoms with Gasteiger partial charge in [-0.15, -0.1) is 23.7 Å². The van der Waals surface area contributed by atoms with E-state index < -0.39 is 23.6 Å². The van der Waals surface area contributed by atoms with Gasteiger partial charge in [0.1, 0.15) is 5.82 Å². The normalized spacial score (nSPS) is 17.2. The van der Waals surface area contributed by atoms with Crippen LogP contribution in [-0.2, 0) is 6.18 Å². The lowest BCUT2D eigenvalue weighted by molar-refractivity contribution is -0.138. The Kier molecular flexibility index (Phi) is 6.73. The molecular weight excluding hydrogens is 399 g/mol. The van der Waals surface area contributed by atoms with Gasteiger partial charge in [0.25, 0.3) is 0 Å². The van der Waals surface area contributed by atoms with Gasteiger partial charge < -0.3 is 5.32 Å². The van der Waals surface area contributed by atoms with Gasteiger partial charge in [0, 0.05) is 36.6 Å². The van der Waals surface area contributed by atoms with E-state index in [0.29, 0.717) is 35.4 Å². The number of nitrogens with zero attached hydrogens (tertiary/aromatic N) is 1. The van der Waals surface area contributed by atoms with Crippen LogP contribution in [-0.4, -0.2) is 31.1 Å². The van der Waals surface area contributed by atoms with Gasteiger partial charge in [0.15, 0.2) is 0 Å². The predicted octanol–water partition coefficient (Wildman–Crippen LogP) is 4.98. The monoisotopic (exact) mass is 414 g/mol. The second-order valence-electron chi connectivity index (χ2n) is 5.53. The lowest BCUT2D eigenvalue weighted by Crippen LogP contribution is -2.45. The highest BCUT2D eigenvalue weighted by molar-refractivity contribution is 7.16. The van der Waals surface area contributed by atoms with Gasteiger partial charge in [-0.1, -0.05) is 17.7 Å². The topological polar surface area (TPSA) is 15.3 Å². The minimum atomic E-state index is -4.62. The summed E-state index contributed by atoms with van der Waals surface area (Å²) in [5.74, 6) is -0.849. The van der Waals surface area contributed by atoms with Crippen LogP contribution in [0.25, 0.3) is 0 Å². The number of benzene rings is 1. The molecule has 1 saturated heterocycles. The summed E-state index contributed by atoms with van der Waals surface area (Å²) in [6.07, 6.45) is -4.62. The van der Waals surface area contributed by atoms with Crippen LogP contribution in [0.4, 0.5) is 17.6 Å². The molecule has 0 unspecified atom stereocenters. The van der Waals surface area contributed by atoms with Crippen LogP contribution >= 0.6 is 35.3 Å². The number of halogens is 6. The van der Waals surface area contributed by atoms with E-state index in [2.05, 4.69) is 5.32 Å². The van der Waals surface area contributed by atoms with E-state index in [-0.39, 0.29) is 18.0 Å². The van der Waals surface area contributed by atoms with Crippen LogP contribution in [0.5, 0.6) is 0 Å². The molecule has 0 amide bonds. The summed E-state index contributed by atoms with van der Waals surface area (Å²) in [6, 6.07) is 5.61. The molecule has 1 aliphatic heterocycles. The average Bonchev–Trinajstić information content (AvgIpc) is 2.95. The summed E-state index contributed by atoms with van der Waals surface area (Å²) >= 11 is 7.15. The third kappa shape index (κ3) is 4.46. The summed E-state index contributed by atoms with van der Waals surface area (Å²) in [7, 11) is 0. The Bertz CT molecular complexity index is 714. The van der Waals surface area contributed by atoms with Crippen molar-refractivity contribution in [1.82, 2.24) is 10.2 Å². The van der Waals surface area contributed by atoms with Crippen molar-refractivity contribution in [2.45, 2.75) is 12.2 Å². The smallest absolute Gasteiger partial charge is 0.314 e. The number of rotatable bonds is 3. The van der Waals surface area contributed by atoms with E-state index in [0.717, 1.165) is 18.2 Å². The Labute approximate surface area is 158 Å². The van der Waals surface area contributed by atoms with E-state index in [4.69, 9.17) is 11.6 Å². The second-order valence-corrected chi connectivity index (χ2v) is 7.28. The second kappa shape index (κ2) is 8.22. The molecule has 2 nitrogen and oxygen atoms in total. The van der Waals surface area contributed by atoms with Crippen molar-refractivity contribution in [3.63, 3.8) is 0 Å². The van der Waals surface area contributed by atoms with Crippen LogP contribution in [0, 0.1) is 5.82 Å². The fraction of sp³-hybridized carbons (Fsp3) is 0.375. The number of hydrogen-bond donors (Lipinski definition) is 1. The molecule has 0 spiro atoms. The molecule has 1 aromatic carbocycles. The van der Waals surface area contributed by atoms with Crippen molar-refractivity contribution in [3.05, 3.63) is 56.5 Å². The number of nitrogens with one attached hydrogen (secondary N) is 1. The van der Waals surface area contributed by atoms with Gasteiger partial charge in [-0.25, -0.2) is 4.39 Å². The van der Waals surface area contributed by atoms with Crippen molar-refractivity contribution in [2.24, 2.45) is 0 Å². The molecule has 138 valence electrons. The zero-order valence-corrected chi connectivity index (χ0v) is 15.3. The lowest BCUT2D eigenvalue weighted by atomic mass is 9.96. The van der Waals surface area contributed by atoms with Gasteiger partial charge >= 0.3 is 6.18 Å². The Morgan fingerprint density at radius 2 is 1.80 bits per heavy atom. The van der Waals surface area contributed by atoms with Gasteiger partial charge in [-0.05, 0) is 24.3 Å². The lowest BCUT2D eigenvalue weighted by Gasteiger charge is -2.36. The zero-order chi connectivity index (χ0) is 17.3. The first-order chi connectivity index (χ1) is 11.4. The van der Waals surface area contributed by atoms with Crippen LogP contribution in [0.3, 0.4) is 0 Å². The molecule has 1 N–H and O–H groups in total. The molecule has 25 heavy (non-hydrogen) atoms. The summed E-state index contributed by atoms with van der Waals surface area (Å²) in [4.78, 5) is 2.48. The molecule has 0 aliphatic carbocycles. The van der Waals surface area contributed by atoms with Crippen LogP contribution < -0.4 is 5.32 Å². The first-order valence-corrected chi connectivity index (χ1v) is 8.63. The standard InChI is InChI=1S/C16H15ClF4N2S.ClH/c17-13-5-4-12(24-13)15(23-8-6-22-7-9-23)14-10(16(19,20)21)2-1-3-11(14)18;/h1-5,15,22H,6-9H2;1H/t15-;/m1./s1. The first-order valence-electron chi connectivity index (χ1n) is 7.43. The van der Waals surface area contributed by atoms with Crippen LogP contribution in [0.15, 0.2) is 30.3 Å². The maximum atomic E-state index is 14.5. The molecular formula is C16H16Cl2F4N2S.